The van der Waals surface area contributed by atoms with Crippen LogP contribution in [0.15, 0.2) is 59.7 Å². The van der Waals surface area contributed by atoms with Crippen LogP contribution in [0.1, 0.15) is 11.6 Å². The second kappa shape index (κ2) is 7.28. The molecule has 0 saturated carbocycles. The largest absolute Gasteiger partial charge is 0.339 e. The summed E-state index contributed by atoms with van der Waals surface area (Å²) in [4.78, 5) is 23.2. The van der Waals surface area contributed by atoms with E-state index in [0.29, 0.717) is 36.8 Å². The molecule has 1 aromatic carbocycles. The van der Waals surface area contributed by atoms with E-state index in [1.54, 1.807) is 31.6 Å². The Morgan fingerprint density at radius 1 is 1.19 bits per heavy atom. The number of aromatic nitrogens is 3. The summed E-state index contributed by atoms with van der Waals surface area (Å²) < 4.78 is 15.7. The Hall–Kier alpha value is -3.06. The van der Waals surface area contributed by atoms with Crippen molar-refractivity contribution >= 4 is 5.95 Å². The number of nitrogens with one attached hydrogen (secondary N) is 1. The molecule has 1 N–H and O–H groups in total. The molecule has 0 bridgehead atoms. The fourth-order valence-electron chi connectivity index (χ4n) is 3.38. The molecule has 1 saturated heterocycles. The number of rotatable bonds is 3. The molecule has 138 valence electrons. The van der Waals surface area contributed by atoms with Crippen LogP contribution in [0.4, 0.5) is 10.3 Å². The van der Waals surface area contributed by atoms with E-state index in [0.717, 1.165) is 5.56 Å². The molecule has 0 aliphatic carbocycles. The lowest BCUT2D eigenvalue weighted by atomic mass is 10.0. The van der Waals surface area contributed by atoms with Gasteiger partial charge in [-0.2, -0.15) is 0 Å². The predicted octanol–water partition coefficient (Wildman–Crippen LogP) is 2.13. The SMILES string of the molecule is Cn1c(N2CCNC(c3ccccc3F)C2)nc(-c2ccncc2)cc1=O. The van der Waals surface area contributed by atoms with Gasteiger partial charge in [0.25, 0.3) is 5.56 Å². The molecule has 1 atom stereocenters. The van der Waals surface area contributed by atoms with Crippen molar-refractivity contribution in [3.63, 3.8) is 0 Å². The zero-order valence-electron chi connectivity index (χ0n) is 15.0. The fourth-order valence-corrected chi connectivity index (χ4v) is 3.38. The first-order chi connectivity index (χ1) is 13.1. The van der Waals surface area contributed by atoms with Crippen molar-refractivity contribution < 1.29 is 4.39 Å². The van der Waals surface area contributed by atoms with Gasteiger partial charge in [-0.3, -0.25) is 14.3 Å². The van der Waals surface area contributed by atoms with Crippen LogP contribution in [0.3, 0.4) is 0 Å². The molecule has 3 aromatic rings. The molecule has 0 radical (unpaired) electrons. The number of benzene rings is 1. The van der Waals surface area contributed by atoms with Gasteiger partial charge in [0.2, 0.25) is 5.95 Å². The summed E-state index contributed by atoms with van der Waals surface area (Å²) in [6, 6.07) is 11.8. The van der Waals surface area contributed by atoms with E-state index in [2.05, 4.69) is 10.3 Å². The first kappa shape index (κ1) is 17.4. The molecular weight excluding hydrogens is 345 g/mol. The number of hydrogen-bond donors (Lipinski definition) is 1. The van der Waals surface area contributed by atoms with Crippen LogP contribution in [-0.2, 0) is 7.05 Å². The van der Waals surface area contributed by atoms with Gasteiger partial charge in [0.15, 0.2) is 0 Å². The molecule has 0 spiro atoms. The Kier molecular flexibility index (Phi) is 4.68. The second-order valence-electron chi connectivity index (χ2n) is 6.55. The highest BCUT2D eigenvalue weighted by molar-refractivity contribution is 5.59. The molecular formula is C20H20FN5O. The average molecular weight is 365 g/mol. The third-order valence-corrected chi connectivity index (χ3v) is 4.83. The molecule has 4 rings (SSSR count). The maximum atomic E-state index is 14.2. The molecule has 1 aliphatic heterocycles. The van der Waals surface area contributed by atoms with E-state index >= 15 is 0 Å². The van der Waals surface area contributed by atoms with E-state index in [1.807, 2.05) is 23.1 Å². The molecule has 1 aliphatic rings. The van der Waals surface area contributed by atoms with E-state index in [1.165, 1.54) is 16.7 Å². The maximum Gasteiger partial charge on any atom is 0.255 e. The Labute approximate surface area is 156 Å². The van der Waals surface area contributed by atoms with Gasteiger partial charge in [-0.05, 0) is 18.2 Å². The first-order valence-electron chi connectivity index (χ1n) is 8.85. The highest BCUT2D eigenvalue weighted by Crippen LogP contribution is 2.24. The Bertz CT molecular complexity index is 1000. The lowest BCUT2D eigenvalue weighted by molar-refractivity contribution is 0.445. The number of halogens is 1. The van der Waals surface area contributed by atoms with Gasteiger partial charge in [-0.15, -0.1) is 0 Å². The van der Waals surface area contributed by atoms with Crippen LogP contribution in [0.5, 0.6) is 0 Å². The van der Waals surface area contributed by atoms with E-state index in [9.17, 15) is 9.18 Å². The standard InChI is InChI=1S/C20H20FN5O/c1-25-19(27)12-17(14-6-8-22-9-7-14)24-20(25)26-11-10-23-18(13-26)15-4-2-3-5-16(15)21/h2-9,12,18,23H,10-11,13H2,1H3. The van der Waals surface area contributed by atoms with Gasteiger partial charge in [-0.25, -0.2) is 9.37 Å². The van der Waals surface area contributed by atoms with Crippen molar-refractivity contribution in [1.29, 1.82) is 0 Å². The van der Waals surface area contributed by atoms with E-state index in [-0.39, 0.29) is 17.4 Å². The predicted molar refractivity (Wildman–Crippen MR) is 102 cm³/mol. The summed E-state index contributed by atoms with van der Waals surface area (Å²) in [5.74, 6) is 0.349. The lowest BCUT2D eigenvalue weighted by Gasteiger charge is -2.35. The summed E-state index contributed by atoms with van der Waals surface area (Å²) in [7, 11) is 1.71. The molecule has 1 unspecified atom stereocenters. The van der Waals surface area contributed by atoms with Gasteiger partial charge in [0, 0.05) is 56.3 Å². The minimum Gasteiger partial charge on any atom is -0.339 e. The first-order valence-corrected chi connectivity index (χ1v) is 8.85. The monoisotopic (exact) mass is 365 g/mol. The van der Waals surface area contributed by atoms with Crippen LogP contribution in [0.2, 0.25) is 0 Å². The Balaban J connectivity index is 1.69. The minimum atomic E-state index is -0.232. The van der Waals surface area contributed by atoms with Crippen LogP contribution >= 0.6 is 0 Å². The van der Waals surface area contributed by atoms with Gasteiger partial charge < -0.3 is 10.2 Å². The van der Waals surface area contributed by atoms with Crippen molar-refractivity contribution in [2.45, 2.75) is 6.04 Å². The number of nitrogens with zero attached hydrogens (tertiary/aromatic N) is 4. The lowest BCUT2D eigenvalue weighted by Crippen LogP contribution is -2.48. The van der Waals surface area contributed by atoms with Crippen molar-refractivity contribution in [3.05, 3.63) is 76.6 Å². The third-order valence-electron chi connectivity index (χ3n) is 4.83. The van der Waals surface area contributed by atoms with Crippen LogP contribution in [0, 0.1) is 5.82 Å². The van der Waals surface area contributed by atoms with Crippen molar-refractivity contribution in [1.82, 2.24) is 19.9 Å². The number of piperazine rings is 1. The number of hydrogen-bond acceptors (Lipinski definition) is 5. The third kappa shape index (κ3) is 3.46. The molecule has 7 heteroatoms. The minimum absolute atomic E-state index is 0.132. The van der Waals surface area contributed by atoms with Crippen molar-refractivity contribution in [2.24, 2.45) is 7.05 Å². The summed E-state index contributed by atoms with van der Waals surface area (Å²) >= 11 is 0. The van der Waals surface area contributed by atoms with Crippen LogP contribution < -0.4 is 15.8 Å². The molecule has 3 heterocycles. The van der Waals surface area contributed by atoms with Crippen LogP contribution in [-0.4, -0.2) is 34.2 Å². The zero-order valence-corrected chi connectivity index (χ0v) is 15.0. The topological polar surface area (TPSA) is 63.1 Å². The second-order valence-corrected chi connectivity index (χ2v) is 6.55. The molecule has 2 aromatic heterocycles. The Morgan fingerprint density at radius 2 is 1.96 bits per heavy atom. The fraction of sp³-hybridized carbons (Fsp3) is 0.250. The zero-order chi connectivity index (χ0) is 18.8. The van der Waals surface area contributed by atoms with Gasteiger partial charge >= 0.3 is 0 Å². The van der Waals surface area contributed by atoms with Gasteiger partial charge in [0.1, 0.15) is 5.82 Å². The summed E-state index contributed by atoms with van der Waals surface area (Å²) in [6.07, 6.45) is 3.35. The van der Waals surface area contributed by atoms with Gasteiger partial charge in [-0.1, -0.05) is 18.2 Å². The van der Waals surface area contributed by atoms with E-state index < -0.39 is 0 Å². The summed E-state index contributed by atoms with van der Waals surface area (Å²) in [6.45, 7) is 1.89. The van der Waals surface area contributed by atoms with Crippen LogP contribution in [0.25, 0.3) is 11.3 Å². The summed E-state index contributed by atoms with van der Waals surface area (Å²) in [5.41, 5.74) is 1.94. The normalized spacial score (nSPS) is 17.1. The molecule has 1 fully saturated rings. The molecule has 0 amide bonds. The van der Waals surface area contributed by atoms with Gasteiger partial charge in [0.05, 0.1) is 11.7 Å². The van der Waals surface area contributed by atoms with Crippen molar-refractivity contribution in [3.8, 4) is 11.3 Å². The smallest absolute Gasteiger partial charge is 0.255 e. The maximum absolute atomic E-state index is 14.2. The summed E-state index contributed by atoms with van der Waals surface area (Å²) in [5, 5.41) is 3.35. The van der Waals surface area contributed by atoms with Crippen molar-refractivity contribution in [2.75, 3.05) is 24.5 Å². The average Bonchev–Trinajstić information content (AvgIpc) is 2.71. The quantitative estimate of drug-likeness (QED) is 0.770. The number of pyridine rings is 1. The highest BCUT2D eigenvalue weighted by Gasteiger charge is 2.25. The Morgan fingerprint density at radius 3 is 2.74 bits per heavy atom. The van der Waals surface area contributed by atoms with E-state index in [4.69, 9.17) is 4.98 Å². The molecule has 6 nitrogen and oxygen atoms in total. The molecule has 27 heavy (non-hydrogen) atoms. The highest BCUT2D eigenvalue weighted by atomic mass is 19.1. The number of anilines is 1.